The first kappa shape index (κ1) is 9.53. The van der Waals surface area contributed by atoms with Crippen molar-refractivity contribution in [2.24, 2.45) is 4.99 Å². The van der Waals surface area contributed by atoms with Crippen molar-refractivity contribution in [1.29, 1.82) is 0 Å². The third-order valence-corrected chi connectivity index (χ3v) is 3.19. The lowest BCUT2D eigenvalue weighted by molar-refractivity contribution is 1.10. The van der Waals surface area contributed by atoms with Crippen LogP contribution in [-0.2, 0) is 0 Å². The highest BCUT2D eigenvalue weighted by atomic mass is 14.9. The predicted molar refractivity (Wildman–Crippen MR) is 69.4 cm³/mol. The Morgan fingerprint density at radius 2 is 2.11 bits per heavy atom. The molecule has 4 nitrogen and oxygen atoms in total. The Balaban J connectivity index is 2.04. The molecule has 4 heteroatoms. The molecule has 1 N–H and O–H groups in total. The van der Waals surface area contributed by atoms with Gasteiger partial charge in [0, 0.05) is 28.6 Å². The average molecular weight is 234 g/mol. The van der Waals surface area contributed by atoms with Crippen LogP contribution in [0.25, 0.3) is 28.4 Å². The third kappa shape index (κ3) is 1.29. The molecular weight excluding hydrogens is 224 g/mol. The molecule has 3 aromatic heterocycles. The lowest BCUT2D eigenvalue weighted by Crippen LogP contribution is -2.25. The van der Waals surface area contributed by atoms with E-state index >= 15 is 0 Å². The average Bonchev–Trinajstić information content (AvgIpc) is 3.05. The maximum Gasteiger partial charge on any atom is 0.155 e. The topological polar surface area (TPSA) is 53.9 Å². The summed E-state index contributed by atoms with van der Waals surface area (Å²) >= 11 is 0. The zero-order valence-electron chi connectivity index (χ0n) is 9.59. The second kappa shape index (κ2) is 3.50. The van der Waals surface area contributed by atoms with Crippen molar-refractivity contribution in [3.05, 3.63) is 47.4 Å². The minimum Gasteiger partial charge on any atom is -0.346 e. The number of hydrogen-bond donors (Lipinski definition) is 1. The van der Waals surface area contributed by atoms with E-state index in [1.54, 1.807) is 6.20 Å². The quantitative estimate of drug-likeness (QED) is 0.684. The summed E-state index contributed by atoms with van der Waals surface area (Å²) in [6, 6.07) is 8.13. The van der Waals surface area contributed by atoms with Gasteiger partial charge in [0.15, 0.2) is 5.49 Å². The second-order valence-corrected chi connectivity index (χ2v) is 4.25. The Morgan fingerprint density at radius 3 is 3.11 bits per heavy atom. The first-order valence-corrected chi connectivity index (χ1v) is 5.86. The van der Waals surface area contributed by atoms with Gasteiger partial charge in [-0.1, -0.05) is 6.08 Å². The van der Waals surface area contributed by atoms with E-state index in [4.69, 9.17) is 0 Å². The molecule has 0 saturated heterocycles. The Kier molecular flexibility index (Phi) is 1.85. The van der Waals surface area contributed by atoms with E-state index in [1.165, 1.54) is 0 Å². The van der Waals surface area contributed by atoms with Crippen molar-refractivity contribution in [1.82, 2.24) is 15.0 Å². The molecule has 0 radical (unpaired) electrons. The van der Waals surface area contributed by atoms with E-state index in [-0.39, 0.29) is 0 Å². The Morgan fingerprint density at radius 1 is 1.11 bits per heavy atom. The number of pyridine rings is 2. The highest BCUT2D eigenvalue weighted by molar-refractivity contribution is 5.91. The van der Waals surface area contributed by atoms with Crippen LogP contribution in [0, 0.1) is 0 Å². The standard InChI is InChI=1S/C14H10N4/c1-2-12(18-13-9(1)3-6-15-13)10-4-7-16-14-11(10)5-8-17-14/h1-5,7-8H,6H2,(H,16,17). The van der Waals surface area contributed by atoms with Gasteiger partial charge in [-0.15, -0.1) is 0 Å². The number of aromatic amines is 1. The van der Waals surface area contributed by atoms with E-state index in [0.717, 1.165) is 39.5 Å². The molecule has 0 atom stereocenters. The summed E-state index contributed by atoms with van der Waals surface area (Å²) in [5.41, 5.74) is 3.76. The Bertz CT molecular complexity index is 861. The number of hydrogen-bond acceptors (Lipinski definition) is 3. The zero-order valence-corrected chi connectivity index (χ0v) is 9.59. The van der Waals surface area contributed by atoms with Gasteiger partial charge >= 0.3 is 0 Å². The summed E-state index contributed by atoms with van der Waals surface area (Å²) in [6.07, 6.45) is 5.78. The summed E-state index contributed by atoms with van der Waals surface area (Å²) in [4.78, 5) is 16.4. The summed E-state index contributed by atoms with van der Waals surface area (Å²) in [7, 11) is 0. The third-order valence-electron chi connectivity index (χ3n) is 3.19. The van der Waals surface area contributed by atoms with E-state index in [9.17, 15) is 0 Å². The van der Waals surface area contributed by atoms with Gasteiger partial charge in [-0.25, -0.2) is 9.97 Å². The van der Waals surface area contributed by atoms with Crippen molar-refractivity contribution >= 4 is 17.1 Å². The fraction of sp³-hybridized carbons (Fsp3) is 0.0714. The number of aromatic nitrogens is 3. The first-order valence-electron chi connectivity index (χ1n) is 5.86. The highest BCUT2D eigenvalue weighted by Crippen LogP contribution is 2.23. The monoisotopic (exact) mass is 234 g/mol. The smallest absolute Gasteiger partial charge is 0.155 e. The molecule has 0 aliphatic carbocycles. The van der Waals surface area contributed by atoms with E-state index in [0.29, 0.717) is 0 Å². The van der Waals surface area contributed by atoms with Crippen LogP contribution in [0.15, 0.2) is 41.7 Å². The summed E-state index contributed by atoms with van der Waals surface area (Å²) in [5.74, 6) is 0. The minimum absolute atomic E-state index is 0.738. The van der Waals surface area contributed by atoms with Gasteiger partial charge in [-0.2, -0.15) is 0 Å². The molecule has 1 aliphatic heterocycles. The van der Waals surface area contributed by atoms with Crippen molar-refractivity contribution in [3.8, 4) is 11.3 Å². The van der Waals surface area contributed by atoms with Gasteiger partial charge in [0.1, 0.15) is 5.65 Å². The van der Waals surface area contributed by atoms with E-state index in [1.807, 2.05) is 24.4 Å². The van der Waals surface area contributed by atoms with Gasteiger partial charge in [0.05, 0.1) is 12.2 Å². The van der Waals surface area contributed by atoms with Crippen LogP contribution in [-0.4, -0.2) is 21.5 Å². The molecule has 0 unspecified atom stereocenters. The molecule has 0 aromatic carbocycles. The van der Waals surface area contributed by atoms with E-state index in [2.05, 4.69) is 32.1 Å². The van der Waals surface area contributed by atoms with Gasteiger partial charge in [0.2, 0.25) is 0 Å². The van der Waals surface area contributed by atoms with Gasteiger partial charge in [-0.05, 0) is 24.3 Å². The fourth-order valence-electron chi connectivity index (χ4n) is 2.31. The van der Waals surface area contributed by atoms with Crippen molar-refractivity contribution in [3.63, 3.8) is 0 Å². The zero-order chi connectivity index (χ0) is 11.9. The number of nitrogens with one attached hydrogen (secondary N) is 1. The predicted octanol–water partition coefficient (Wildman–Crippen LogP) is 1.04. The number of H-pyrrole nitrogens is 1. The molecule has 0 bridgehead atoms. The Labute approximate surface area is 103 Å². The maximum atomic E-state index is 4.61. The number of rotatable bonds is 1. The van der Waals surface area contributed by atoms with Crippen LogP contribution < -0.4 is 10.7 Å². The van der Waals surface area contributed by atoms with Crippen molar-refractivity contribution in [2.45, 2.75) is 0 Å². The lowest BCUT2D eigenvalue weighted by atomic mass is 10.1. The van der Waals surface area contributed by atoms with Gasteiger partial charge < -0.3 is 4.98 Å². The van der Waals surface area contributed by atoms with Crippen LogP contribution >= 0.6 is 0 Å². The van der Waals surface area contributed by atoms with E-state index < -0.39 is 0 Å². The van der Waals surface area contributed by atoms with Gasteiger partial charge in [-0.3, -0.25) is 4.99 Å². The SMILES string of the molecule is C1=c2ccc(-c3ccnc4[nH]ccc34)nc2=NC1. The molecule has 1 aliphatic rings. The van der Waals surface area contributed by atoms with Crippen molar-refractivity contribution in [2.75, 3.05) is 6.54 Å². The molecule has 3 aromatic rings. The maximum absolute atomic E-state index is 4.61. The van der Waals surface area contributed by atoms with Crippen LogP contribution in [0.3, 0.4) is 0 Å². The van der Waals surface area contributed by atoms with Crippen LogP contribution in [0.5, 0.6) is 0 Å². The summed E-state index contributed by atoms with van der Waals surface area (Å²) in [5, 5.41) is 2.21. The highest BCUT2D eigenvalue weighted by Gasteiger charge is 2.07. The molecule has 0 amide bonds. The fourth-order valence-corrected chi connectivity index (χ4v) is 2.31. The molecular formula is C14H10N4. The molecule has 4 rings (SSSR count). The second-order valence-electron chi connectivity index (χ2n) is 4.25. The van der Waals surface area contributed by atoms with Crippen molar-refractivity contribution < 1.29 is 0 Å². The first-order chi connectivity index (χ1) is 8.92. The normalized spacial score (nSPS) is 13.1. The molecule has 0 fully saturated rings. The minimum atomic E-state index is 0.738. The molecule has 4 heterocycles. The Hall–Kier alpha value is -2.49. The molecule has 18 heavy (non-hydrogen) atoms. The van der Waals surface area contributed by atoms with Crippen LogP contribution in [0.2, 0.25) is 0 Å². The molecule has 86 valence electrons. The lowest BCUT2D eigenvalue weighted by Gasteiger charge is -2.01. The largest absolute Gasteiger partial charge is 0.346 e. The number of fused-ring (bicyclic) bond motifs is 2. The van der Waals surface area contributed by atoms with Crippen LogP contribution in [0.4, 0.5) is 0 Å². The summed E-state index contributed by atoms with van der Waals surface area (Å²) in [6.45, 7) is 0.738. The number of nitrogens with zero attached hydrogens (tertiary/aromatic N) is 3. The molecule has 0 spiro atoms. The summed E-state index contributed by atoms with van der Waals surface area (Å²) < 4.78 is 0. The van der Waals surface area contributed by atoms with Crippen LogP contribution in [0.1, 0.15) is 0 Å². The van der Waals surface area contributed by atoms with Gasteiger partial charge in [0.25, 0.3) is 0 Å². The molecule has 0 saturated carbocycles.